The average Bonchev–Trinajstić information content (AvgIpc) is 2.23. The fraction of sp³-hybridized carbons (Fsp3) is 0.500. The molecule has 1 aromatic rings. The Kier molecular flexibility index (Phi) is 3.49. The van der Waals surface area contributed by atoms with Gasteiger partial charge in [-0.1, -0.05) is 44.2 Å². The van der Waals surface area contributed by atoms with Crippen molar-refractivity contribution in [2.75, 3.05) is 7.05 Å². The number of benzene rings is 1. The molecule has 0 spiro atoms. The van der Waals surface area contributed by atoms with E-state index in [1.165, 1.54) is 5.56 Å². The standard InChI is InChI=1S/C12H19N/c1-4-12(5-2,13-3)11-9-7-6-8-10-11/h6-10,13H,4-5H2,1-3H3. The summed E-state index contributed by atoms with van der Waals surface area (Å²) in [6.07, 6.45) is 2.26. The third-order valence-electron chi connectivity index (χ3n) is 3.01. The fourth-order valence-electron chi connectivity index (χ4n) is 1.91. The first-order valence-corrected chi connectivity index (χ1v) is 5.03. The van der Waals surface area contributed by atoms with E-state index in [9.17, 15) is 0 Å². The summed E-state index contributed by atoms with van der Waals surface area (Å²) in [7, 11) is 2.04. The van der Waals surface area contributed by atoms with E-state index < -0.39 is 0 Å². The zero-order valence-corrected chi connectivity index (χ0v) is 8.80. The van der Waals surface area contributed by atoms with Crippen LogP contribution in [0.15, 0.2) is 30.3 Å². The van der Waals surface area contributed by atoms with Crippen LogP contribution in [-0.2, 0) is 5.54 Å². The summed E-state index contributed by atoms with van der Waals surface area (Å²) in [5.74, 6) is 0. The van der Waals surface area contributed by atoms with E-state index >= 15 is 0 Å². The minimum atomic E-state index is 0.168. The van der Waals surface area contributed by atoms with Gasteiger partial charge in [-0.05, 0) is 25.5 Å². The van der Waals surface area contributed by atoms with Crippen LogP contribution in [0.25, 0.3) is 0 Å². The zero-order valence-electron chi connectivity index (χ0n) is 8.80. The Bertz CT molecular complexity index is 228. The minimum Gasteiger partial charge on any atom is -0.310 e. The summed E-state index contributed by atoms with van der Waals surface area (Å²) in [6.45, 7) is 4.46. The van der Waals surface area contributed by atoms with Gasteiger partial charge in [0.05, 0.1) is 0 Å². The van der Waals surface area contributed by atoms with E-state index in [1.54, 1.807) is 0 Å². The van der Waals surface area contributed by atoms with Gasteiger partial charge in [0.25, 0.3) is 0 Å². The lowest BCUT2D eigenvalue weighted by Gasteiger charge is -2.32. The molecule has 0 heterocycles. The summed E-state index contributed by atoms with van der Waals surface area (Å²) >= 11 is 0. The van der Waals surface area contributed by atoms with Gasteiger partial charge in [0.15, 0.2) is 0 Å². The molecule has 0 amide bonds. The van der Waals surface area contributed by atoms with Crippen LogP contribution in [-0.4, -0.2) is 7.05 Å². The summed E-state index contributed by atoms with van der Waals surface area (Å²) in [5, 5.41) is 3.43. The highest BCUT2D eigenvalue weighted by Crippen LogP contribution is 2.27. The molecular weight excluding hydrogens is 158 g/mol. The predicted molar refractivity (Wildman–Crippen MR) is 57.8 cm³/mol. The van der Waals surface area contributed by atoms with Gasteiger partial charge in [-0.2, -0.15) is 0 Å². The average molecular weight is 177 g/mol. The lowest BCUT2D eigenvalue weighted by Crippen LogP contribution is -2.38. The SMILES string of the molecule is CCC(CC)(NC)c1ccccc1. The molecule has 0 aliphatic rings. The molecule has 0 unspecified atom stereocenters. The molecule has 72 valence electrons. The molecule has 0 bridgehead atoms. The van der Waals surface area contributed by atoms with Crippen LogP contribution in [0.4, 0.5) is 0 Å². The molecule has 1 heteroatoms. The topological polar surface area (TPSA) is 12.0 Å². The van der Waals surface area contributed by atoms with Crippen LogP contribution in [0, 0.1) is 0 Å². The summed E-state index contributed by atoms with van der Waals surface area (Å²) in [4.78, 5) is 0. The molecule has 0 atom stereocenters. The van der Waals surface area contributed by atoms with Crippen molar-refractivity contribution in [3.05, 3.63) is 35.9 Å². The lowest BCUT2D eigenvalue weighted by molar-refractivity contribution is 0.334. The van der Waals surface area contributed by atoms with Crippen molar-refractivity contribution in [1.82, 2.24) is 5.32 Å². The monoisotopic (exact) mass is 177 g/mol. The zero-order chi connectivity index (χ0) is 9.73. The highest BCUT2D eigenvalue weighted by molar-refractivity contribution is 5.23. The minimum absolute atomic E-state index is 0.168. The van der Waals surface area contributed by atoms with E-state index in [-0.39, 0.29) is 5.54 Å². The van der Waals surface area contributed by atoms with Gasteiger partial charge in [0.2, 0.25) is 0 Å². The molecule has 0 radical (unpaired) electrons. The first-order valence-electron chi connectivity index (χ1n) is 5.03. The summed E-state index contributed by atoms with van der Waals surface area (Å²) in [5.41, 5.74) is 1.56. The van der Waals surface area contributed by atoms with Crippen molar-refractivity contribution in [3.63, 3.8) is 0 Å². The summed E-state index contributed by atoms with van der Waals surface area (Å²) in [6, 6.07) is 10.7. The molecular formula is C12H19N. The van der Waals surface area contributed by atoms with Gasteiger partial charge < -0.3 is 5.32 Å². The second-order valence-electron chi connectivity index (χ2n) is 3.41. The van der Waals surface area contributed by atoms with E-state index in [2.05, 4.69) is 49.5 Å². The molecule has 1 nitrogen and oxygen atoms in total. The predicted octanol–water partition coefficient (Wildman–Crippen LogP) is 2.92. The van der Waals surface area contributed by atoms with E-state index in [0.29, 0.717) is 0 Å². The smallest absolute Gasteiger partial charge is 0.0426 e. The van der Waals surface area contributed by atoms with Gasteiger partial charge in [0.1, 0.15) is 0 Å². The second kappa shape index (κ2) is 4.43. The van der Waals surface area contributed by atoms with Crippen LogP contribution >= 0.6 is 0 Å². The van der Waals surface area contributed by atoms with E-state index in [0.717, 1.165) is 12.8 Å². The largest absolute Gasteiger partial charge is 0.310 e. The number of hydrogen-bond donors (Lipinski definition) is 1. The van der Waals surface area contributed by atoms with Gasteiger partial charge in [-0.15, -0.1) is 0 Å². The first-order chi connectivity index (χ1) is 6.29. The summed E-state index contributed by atoms with van der Waals surface area (Å²) < 4.78 is 0. The Morgan fingerprint density at radius 1 is 1.08 bits per heavy atom. The van der Waals surface area contributed by atoms with Crippen LogP contribution < -0.4 is 5.32 Å². The molecule has 13 heavy (non-hydrogen) atoms. The van der Waals surface area contributed by atoms with Crippen molar-refractivity contribution in [2.45, 2.75) is 32.2 Å². The Balaban J connectivity index is 3.01. The molecule has 1 N–H and O–H groups in total. The maximum absolute atomic E-state index is 3.43. The Morgan fingerprint density at radius 3 is 2.00 bits per heavy atom. The molecule has 0 aromatic heterocycles. The Morgan fingerprint density at radius 2 is 1.62 bits per heavy atom. The third kappa shape index (κ3) is 1.92. The first kappa shape index (κ1) is 10.3. The van der Waals surface area contributed by atoms with Gasteiger partial charge >= 0.3 is 0 Å². The number of hydrogen-bond acceptors (Lipinski definition) is 1. The van der Waals surface area contributed by atoms with Crippen molar-refractivity contribution in [2.24, 2.45) is 0 Å². The van der Waals surface area contributed by atoms with Crippen molar-refractivity contribution in [1.29, 1.82) is 0 Å². The molecule has 0 saturated heterocycles. The van der Waals surface area contributed by atoms with Crippen LogP contribution in [0.2, 0.25) is 0 Å². The molecule has 0 saturated carbocycles. The van der Waals surface area contributed by atoms with Crippen molar-refractivity contribution < 1.29 is 0 Å². The van der Waals surface area contributed by atoms with Crippen molar-refractivity contribution >= 4 is 0 Å². The highest BCUT2D eigenvalue weighted by atomic mass is 14.9. The lowest BCUT2D eigenvalue weighted by atomic mass is 9.85. The number of nitrogens with one attached hydrogen (secondary N) is 1. The van der Waals surface area contributed by atoms with E-state index in [1.807, 2.05) is 7.05 Å². The highest BCUT2D eigenvalue weighted by Gasteiger charge is 2.25. The maximum Gasteiger partial charge on any atom is 0.0426 e. The third-order valence-corrected chi connectivity index (χ3v) is 3.01. The molecule has 1 aromatic carbocycles. The van der Waals surface area contributed by atoms with Gasteiger partial charge in [0, 0.05) is 5.54 Å². The molecule has 0 aliphatic carbocycles. The van der Waals surface area contributed by atoms with Gasteiger partial charge in [-0.3, -0.25) is 0 Å². The molecule has 1 rings (SSSR count). The van der Waals surface area contributed by atoms with Crippen LogP contribution in [0.1, 0.15) is 32.3 Å². The maximum atomic E-state index is 3.43. The van der Waals surface area contributed by atoms with Crippen LogP contribution in [0.5, 0.6) is 0 Å². The second-order valence-corrected chi connectivity index (χ2v) is 3.41. The Labute approximate surface area is 81.2 Å². The fourth-order valence-corrected chi connectivity index (χ4v) is 1.91. The van der Waals surface area contributed by atoms with Crippen LogP contribution in [0.3, 0.4) is 0 Å². The quantitative estimate of drug-likeness (QED) is 0.745. The Hall–Kier alpha value is -0.820. The number of rotatable bonds is 4. The van der Waals surface area contributed by atoms with E-state index in [4.69, 9.17) is 0 Å². The van der Waals surface area contributed by atoms with Crippen molar-refractivity contribution in [3.8, 4) is 0 Å². The molecule has 0 fully saturated rings. The normalized spacial score (nSPS) is 11.6. The van der Waals surface area contributed by atoms with Gasteiger partial charge in [-0.25, -0.2) is 0 Å². The molecule has 0 aliphatic heterocycles.